The molecule has 0 radical (unpaired) electrons. The molecule has 39 heavy (non-hydrogen) atoms. The third kappa shape index (κ3) is 5.55. The highest BCUT2D eigenvalue weighted by atomic mass is 16.5. The lowest BCUT2D eigenvalue weighted by atomic mass is 10.1. The number of rotatable bonds is 8. The molecule has 3 heterocycles. The first-order chi connectivity index (χ1) is 19.0. The normalized spacial score (nSPS) is 13.5. The summed E-state index contributed by atoms with van der Waals surface area (Å²) >= 11 is 0. The zero-order valence-electron chi connectivity index (χ0n) is 22.6. The van der Waals surface area contributed by atoms with Crippen molar-refractivity contribution < 1.29 is 14.3 Å². The Balaban J connectivity index is 1.36. The van der Waals surface area contributed by atoms with Gasteiger partial charge in [-0.3, -0.25) is 4.79 Å². The lowest BCUT2D eigenvalue weighted by Crippen LogP contribution is -2.49. The molecule has 5 rings (SSSR count). The summed E-state index contributed by atoms with van der Waals surface area (Å²) in [6.07, 6.45) is 5.00. The molecule has 1 aliphatic rings. The van der Waals surface area contributed by atoms with Gasteiger partial charge in [0.15, 0.2) is 28.5 Å². The molecule has 0 atom stereocenters. The molecule has 4 aromatic rings. The number of piperazine rings is 1. The maximum atomic E-state index is 13.2. The van der Waals surface area contributed by atoms with Crippen LogP contribution in [0.1, 0.15) is 35.7 Å². The second-order valence-corrected chi connectivity index (χ2v) is 9.48. The molecule has 0 saturated carbocycles. The predicted octanol–water partition coefficient (Wildman–Crippen LogP) is 3.99. The first-order valence-corrected chi connectivity index (χ1v) is 13.2. The number of anilines is 2. The summed E-state index contributed by atoms with van der Waals surface area (Å²) in [5.41, 5.74) is 10.5. The van der Waals surface area contributed by atoms with E-state index < -0.39 is 0 Å². The number of nitrogen functional groups attached to an aromatic ring is 1. The zero-order chi connectivity index (χ0) is 27.4. The van der Waals surface area contributed by atoms with Gasteiger partial charge in [0.1, 0.15) is 0 Å². The number of aryl methyl sites for hydroxylation is 1. The van der Waals surface area contributed by atoms with Gasteiger partial charge in [0.2, 0.25) is 5.95 Å². The molecule has 2 aromatic heterocycles. The van der Waals surface area contributed by atoms with E-state index in [1.165, 1.54) is 5.56 Å². The van der Waals surface area contributed by atoms with Gasteiger partial charge in [-0.2, -0.15) is 9.97 Å². The maximum absolute atomic E-state index is 13.2. The van der Waals surface area contributed by atoms with E-state index in [-0.39, 0.29) is 11.9 Å². The Morgan fingerprint density at radius 2 is 1.69 bits per heavy atom. The van der Waals surface area contributed by atoms with Crippen LogP contribution in [0.2, 0.25) is 0 Å². The van der Waals surface area contributed by atoms with Crippen LogP contribution in [0.4, 0.5) is 11.8 Å². The first kappa shape index (κ1) is 26.1. The van der Waals surface area contributed by atoms with Crippen LogP contribution in [-0.4, -0.2) is 71.1 Å². The standard InChI is InChI=1S/C29H33N7O3/c1-4-5-6-19-7-9-20(10-8-19)28(37)36-15-13-35(14-16-36)27-25-26(33-29(30)34-27)31-18-22(32-25)21-11-12-23(38-2)24(17-21)39-3/h7-12,17-18H,4-6,13-16H2,1-3H3,(H2,30,31,33,34). The fourth-order valence-corrected chi connectivity index (χ4v) is 4.76. The van der Waals surface area contributed by atoms with Crippen molar-refractivity contribution in [1.29, 1.82) is 0 Å². The number of nitrogens with two attached hydrogens (primary N) is 1. The minimum absolute atomic E-state index is 0.0410. The number of ether oxygens (including phenoxy) is 2. The summed E-state index contributed by atoms with van der Waals surface area (Å²) in [4.78, 5) is 35.3. The molecule has 202 valence electrons. The van der Waals surface area contributed by atoms with Crippen LogP contribution in [0.3, 0.4) is 0 Å². The second-order valence-electron chi connectivity index (χ2n) is 9.48. The number of amides is 1. The van der Waals surface area contributed by atoms with Crippen LogP contribution >= 0.6 is 0 Å². The highest BCUT2D eigenvalue weighted by Crippen LogP contribution is 2.33. The Morgan fingerprint density at radius 3 is 2.38 bits per heavy atom. The average Bonchev–Trinajstić information content (AvgIpc) is 2.99. The number of hydrogen-bond acceptors (Lipinski definition) is 9. The summed E-state index contributed by atoms with van der Waals surface area (Å²) in [5.74, 6) is 2.01. The fourth-order valence-electron chi connectivity index (χ4n) is 4.76. The van der Waals surface area contributed by atoms with Crippen LogP contribution in [0.15, 0.2) is 48.7 Å². The van der Waals surface area contributed by atoms with Gasteiger partial charge >= 0.3 is 0 Å². The molecule has 0 spiro atoms. The van der Waals surface area contributed by atoms with E-state index in [1.54, 1.807) is 20.4 Å². The smallest absolute Gasteiger partial charge is 0.253 e. The number of carbonyl (C=O) groups excluding carboxylic acids is 1. The van der Waals surface area contributed by atoms with Crippen molar-refractivity contribution >= 4 is 28.8 Å². The average molecular weight is 528 g/mol. The highest BCUT2D eigenvalue weighted by molar-refractivity contribution is 5.94. The van der Waals surface area contributed by atoms with Gasteiger partial charge in [-0.25, -0.2) is 9.97 Å². The van der Waals surface area contributed by atoms with Crippen LogP contribution in [0.5, 0.6) is 11.5 Å². The number of unbranched alkanes of at least 4 members (excludes halogenated alkanes) is 1. The number of fused-ring (bicyclic) bond motifs is 1. The Kier molecular flexibility index (Phi) is 7.72. The van der Waals surface area contributed by atoms with E-state index >= 15 is 0 Å². The largest absolute Gasteiger partial charge is 0.493 e. The van der Waals surface area contributed by atoms with Gasteiger partial charge in [0.25, 0.3) is 5.91 Å². The van der Waals surface area contributed by atoms with Gasteiger partial charge in [0.05, 0.1) is 26.1 Å². The molecular formula is C29H33N7O3. The molecule has 10 nitrogen and oxygen atoms in total. The molecule has 1 fully saturated rings. The van der Waals surface area contributed by atoms with Crippen LogP contribution in [0.25, 0.3) is 22.4 Å². The first-order valence-electron chi connectivity index (χ1n) is 13.2. The third-order valence-corrected chi connectivity index (χ3v) is 6.97. The SMILES string of the molecule is CCCCc1ccc(C(=O)N2CCN(c3nc(N)nc4ncc(-c5ccc(OC)c(OC)c5)nc34)CC2)cc1. The van der Waals surface area contributed by atoms with E-state index in [0.29, 0.717) is 65.9 Å². The minimum Gasteiger partial charge on any atom is -0.493 e. The number of methoxy groups -OCH3 is 2. The molecule has 0 bridgehead atoms. The number of carbonyl (C=O) groups is 1. The molecular weight excluding hydrogens is 494 g/mol. The predicted molar refractivity (Wildman–Crippen MR) is 151 cm³/mol. The lowest BCUT2D eigenvalue weighted by molar-refractivity contribution is 0.0746. The van der Waals surface area contributed by atoms with E-state index in [1.807, 2.05) is 35.2 Å². The zero-order valence-corrected chi connectivity index (χ0v) is 22.6. The van der Waals surface area contributed by atoms with Crippen molar-refractivity contribution in [1.82, 2.24) is 24.8 Å². The molecule has 0 aliphatic carbocycles. The Labute approximate surface area is 227 Å². The molecule has 0 unspecified atom stereocenters. The van der Waals surface area contributed by atoms with Gasteiger partial charge in [-0.15, -0.1) is 0 Å². The number of hydrogen-bond donors (Lipinski definition) is 1. The third-order valence-electron chi connectivity index (χ3n) is 6.97. The number of benzene rings is 2. The molecule has 1 aliphatic heterocycles. The van der Waals surface area contributed by atoms with Crippen LogP contribution in [0, 0.1) is 0 Å². The highest BCUT2D eigenvalue weighted by Gasteiger charge is 2.25. The summed E-state index contributed by atoms with van der Waals surface area (Å²) in [6, 6.07) is 13.6. The van der Waals surface area contributed by atoms with Gasteiger partial charge in [-0.1, -0.05) is 25.5 Å². The van der Waals surface area contributed by atoms with Gasteiger partial charge in [0, 0.05) is 37.3 Å². The molecule has 1 amide bonds. The van der Waals surface area contributed by atoms with Crippen molar-refractivity contribution in [3.63, 3.8) is 0 Å². The molecule has 1 saturated heterocycles. The summed E-state index contributed by atoms with van der Waals surface area (Å²) in [5, 5.41) is 0. The van der Waals surface area contributed by atoms with E-state index in [9.17, 15) is 4.79 Å². The van der Waals surface area contributed by atoms with E-state index in [2.05, 4.69) is 38.9 Å². The van der Waals surface area contributed by atoms with Crippen molar-refractivity contribution in [2.24, 2.45) is 0 Å². The Hall–Kier alpha value is -4.47. The summed E-state index contributed by atoms with van der Waals surface area (Å²) in [7, 11) is 3.19. The topological polar surface area (TPSA) is 120 Å². The van der Waals surface area contributed by atoms with Crippen molar-refractivity contribution in [2.45, 2.75) is 26.2 Å². The fraction of sp³-hybridized carbons (Fsp3) is 0.345. The van der Waals surface area contributed by atoms with Crippen LogP contribution in [-0.2, 0) is 6.42 Å². The Morgan fingerprint density at radius 1 is 0.949 bits per heavy atom. The van der Waals surface area contributed by atoms with Gasteiger partial charge in [-0.05, 0) is 48.7 Å². The summed E-state index contributed by atoms with van der Waals surface area (Å²) < 4.78 is 10.8. The van der Waals surface area contributed by atoms with Gasteiger partial charge < -0.3 is 25.0 Å². The number of nitrogens with zero attached hydrogens (tertiary/aromatic N) is 6. The molecule has 10 heteroatoms. The Bertz CT molecular complexity index is 1470. The molecule has 2 N–H and O–H groups in total. The van der Waals surface area contributed by atoms with Crippen molar-refractivity contribution in [2.75, 3.05) is 51.0 Å². The minimum atomic E-state index is 0.0410. The monoisotopic (exact) mass is 527 g/mol. The number of aromatic nitrogens is 4. The van der Waals surface area contributed by atoms with Crippen molar-refractivity contribution in [3.8, 4) is 22.8 Å². The quantitative estimate of drug-likeness (QED) is 0.363. The summed E-state index contributed by atoms with van der Waals surface area (Å²) in [6.45, 7) is 4.48. The van der Waals surface area contributed by atoms with E-state index in [0.717, 1.165) is 24.8 Å². The molecule has 2 aromatic carbocycles. The van der Waals surface area contributed by atoms with Crippen LogP contribution < -0.4 is 20.1 Å². The van der Waals surface area contributed by atoms with E-state index in [4.69, 9.17) is 20.2 Å². The lowest BCUT2D eigenvalue weighted by Gasteiger charge is -2.35. The second kappa shape index (κ2) is 11.5. The van der Waals surface area contributed by atoms with Crippen molar-refractivity contribution in [3.05, 3.63) is 59.8 Å². The maximum Gasteiger partial charge on any atom is 0.253 e.